The molecule has 1 rings (SSSR count). The van der Waals surface area contributed by atoms with Crippen molar-refractivity contribution >= 4 is 0 Å². The number of rotatable bonds is 2. The Morgan fingerprint density at radius 1 is 1.50 bits per heavy atom. The summed E-state index contributed by atoms with van der Waals surface area (Å²) in [6, 6.07) is 0.209. The maximum absolute atomic E-state index is 12.9. The third kappa shape index (κ3) is 3.50. The van der Waals surface area contributed by atoms with Gasteiger partial charge in [0.05, 0.1) is 0 Å². The van der Waals surface area contributed by atoms with Crippen molar-refractivity contribution in [3.05, 3.63) is 0 Å². The molecule has 0 spiro atoms. The lowest BCUT2D eigenvalue weighted by atomic mass is 10.2. The van der Waals surface area contributed by atoms with Gasteiger partial charge in [-0.15, -0.1) is 0 Å². The summed E-state index contributed by atoms with van der Waals surface area (Å²) in [5.41, 5.74) is 5.67. The lowest BCUT2D eigenvalue weighted by molar-refractivity contribution is 0.254. The Hall–Kier alpha value is -0.150. The summed E-state index contributed by atoms with van der Waals surface area (Å²) < 4.78 is 12.9. The highest BCUT2D eigenvalue weighted by atomic mass is 19.1. The van der Waals surface area contributed by atoms with E-state index in [4.69, 9.17) is 5.73 Å². The van der Waals surface area contributed by atoms with Crippen molar-refractivity contribution in [3.63, 3.8) is 0 Å². The minimum Gasteiger partial charge on any atom is -0.327 e. The minimum absolute atomic E-state index is 0.209. The fraction of sp³-hybridized carbons (Fsp3) is 1.00. The van der Waals surface area contributed by atoms with Crippen molar-refractivity contribution in [2.24, 2.45) is 5.73 Å². The second-order valence-electron chi connectivity index (χ2n) is 3.81. The largest absolute Gasteiger partial charge is 0.327 e. The zero-order valence-corrected chi connectivity index (χ0v) is 7.80. The molecule has 2 N–H and O–H groups in total. The topological polar surface area (TPSA) is 29.3 Å². The number of likely N-dealkylation sites (tertiary alicyclic amines) is 1. The Balaban J connectivity index is 2.26. The monoisotopic (exact) mass is 174 g/mol. The first kappa shape index (κ1) is 9.93. The van der Waals surface area contributed by atoms with E-state index in [9.17, 15) is 4.39 Å². The molecule has 72 valence electrons. The molecule has 0 aromatic heterocycles. The average molecular weight is 174 g/mol. The smallest absolute Gasteiger partial charge is 0.101 e. The van der Waals surface area contributed by atoms with Gasteiger partial charge in [0, 0.05) is 19.1 Å². The summed E-state index contributed by atoms with van der Waals surface area (Å²) in [6.07, 6.45) is 1.82. The molecule has 12 heavy (non-hydrogen) atoms. The molecule has 2 unspecified atom stereocenters. The zero-order valence-electron chi connectivity index (χ0n) is 7.80. The molecule has 0 aliphatic carbocycles. The van der Waals surface area contributed by atoms with Gasteiger partial charge in [-0.2, -0.15) is 0 Å². The quantitative estimate of drug-likeness (QED) is 0.680. The predicted molar refractivity (Wildman–Crippen MR) is 48.8 cm³/mol. The predicted octanol–water partition coefficient (Wildman–Crippen LogP) is 1.16. The van der Waals surface area contributed by atoms with Gasteiger partial charge in [-0.1, -0.05) is 0 Å². The molecular formula is C9H19FN2. The molecule has 2 atom stereocenters. The van der Waals surface area contributed by atoms with Crippen LogP contribution in [0.4, 0.5) is 4.39 Å². The fourth-order valence-corrected chi connectivity index (χ4v) is 1.71. The molecule has 2 nitrogen and oxygen atoms in total. The molecule has 0 radical (unpaired) electrons. The van der Waals surface area contributed by atoms with Crippen LogP contribution < -0.4 is 5.73 Å². The summed E-state index contributed by atoms with van der Waals surface area (Å²) >= 11 is 0. The van der Waals surface area contributed by atoms with Crippen LogP contribution >= 0.6 is 0 Å². The highest BCUT2D eigenvalue weighted by molar-refractivity contribution is 4.71. The van der Waals surface area contributed by atoms with Crippen LogP contribution in [0.15, 0.2) is 0 Å². The molecule has 1 saturated heterocycles. The maximum Gasteiger partial charge on any atom is 0.101 e. The zero-order chi connectivity index (χ0) is 8.97. The normalized spacial score (nSPS) is 29.8. The molecule has 0 aromatic carbocycles. The van der Waals surface area contributed by atoms with Gasteiger partial charge in [0.1, 0.15) is 6.17 Å². The van der Waals surface area contributed by atoms with Crippen LogP contribution in [0.25, 0.3) is 0 Å². The highest BCUT2D eigenvalue weighted by Gasteiger charge is 2.16. The van der Waals surface area contributed by atoms with Gasteiger partial charge < -0.3 is 10.6 Å². The van der Waals surface area contributed by atoms with E-state index in [1.807, 2.05) is 6.92 Å². The van der Waals surface area contributed by atoms with Gasteiger partial charge in [-0.3, -0.25) is 0 Å². The van der Waals surface area contributed by atoms with Gasteiger partial charge in [0.2, 0.25) is 0 Å². The first-order valence-electron chi connectivity index (χ1n) is 4.80. The third-order valence-electron chi connectivity index (χ3n) is 2.30. The molecule has 1 aliphatic heterocycles. The lowest BCUT2D eigenvalue weighted by Crippen LogP contribution is -2.36. The first-order chi connectivity index (χ1) is 5.68. The number of alkyl halides is 1. The SMILES string of the molecule is CC(N)CN1CCCC(F)CC1. The second kappa shape index (κ2) is 4.77. The van der Waals surface area contributed by atoms with Gasteiger partial charge in [-0.25, -0.2) is 4.39 Å². The summed E-state index contributed by atoms with van der Waals surface area (Å²) in [5.74, 6) is 0. The van der Waals surface area contributed by atoms with E-state index in [1.54, 1.807) is 0 Å². The first-order valence-corrected chi connectivity index (χ1v) is 4.80. The van der Waals surface area contributed by atoms with Crippen molar-refractivity contribution in [2.45, 2.75) is 38.4 Å². The molecule has 0 amide bonds. The van der Waals surface area contributed by atoms with E-state index in [2.05, 4.69) is 4.90 Å². The summed E-state index contributed by atoms with van der Waals surface area (Å²) in [7, 11) is 0. The molecule has 3 heteroatoms. The van der Waals surface area contributed by atoms with E-state index in [-0.39, 0.29) is 6.04 Å². The Bertz CT molecular complexity index is 128. The average Bonchev–Trinajstić information content (AvgIpc) is 2.15. The van der Waals surface area contributed by atoms with E-state index < -0.39 is 6.17 Å². The molecule has 1 aliphatic rings. The van der Waals surface area contributed by atoms with Crippen molar-refractivity contribution in [2.75, 3.05) is 19.6 Å². The molecule has 0 saturated carbocycles. The van der Waals surface area contributed by atoms with Gasteiger partial charge in [0.15, 0.2) is 0 Å². The van der Waals surface area contributed by atoms with Crippen LogP contribution in [0, 0.1) is 0 Å². The standard InChI is InChI=1S/C9H19FN2/c1-8(11)7-12-5-2-3-9(10)4-6-12/h8-9H,2-7,11H2,1H3. The van der Waals surface area contributed by atoms with E-state index in [1.165, 1.54) is 0 Å². The number of nitrogens with two attached hydrogens (primary N) is 1. The lowest BCUT2D eigenvalue weighted by Gasteiger charge is -2.21. The van der Waals surface area contributed by atoms with Crippen molar-refractivity contribution in [1.29, 1.82) is 0 Å². The number of hydrogen-bond acceptors (Lipinski definition) is 2. The van der Waals surface area contributed by atoms with Crippen LogP contribution in [0.3, 0.4) is 0 Å². The summed E-state index contributed by atoms with van der Waals surface area (Å²) in [5, 5.41) is 0. The van der Waals surface area contributed by atoms with Crippen molar-refractivity contribution in [3.8, 4) is 0 Å². The maximum atomic E-state index is 12.9. The Morgan fingerprint density at radius 2 is 2.25 bits per heavy atom. The van der Waals surface area contributed by atoms with E-state index in [0.29, 0.717) is 6.42 Å². The Labute approximate surface area is 73.9 Å². The molecular weight excluding hydrogens is 155 g/mol. The van der Waals surface area contributed by atoms with Crippen molar-refractivity contribution < 1.29 is 4.39 Å². The van der Waals surface area contributed by atoms with Gasteiger partial charge >= 0.3 is 0 Å². The summed E-state index contributed by atoms with van der Waals surface area (Å²) in [6.45, 7) is 4.80. The van der Waals surface area contributed by atoms with Gasteiger partial charge in [0.25, 0.3) is 0 Å². The number of hydrogen-bond donors (Lipinski definition) is 1. The van der Waals surface area contributed by atoms with Crippen LogP contribution in [0.2, 0.25) is 0 Å². The van der Waals surface area contributed by atoms with Crippen LogP contribution in [-0.4, -0.2) is 36.7 Å². The van der Waals surface area contributed by atoms with Gasteiger partial charge in [-0.05, 0) is 32.7 Å². The highest BCUT2D eigenvalue weighted by Crippen LogP contribution is 2.13. The minimum atomic E-state index is -0.580. The molecule has 0 bridgehead atoms. The third-order valence-corrected chi connectivity index (χ3v) is 2.30. The molecule has 1 fully saturated rings. The molecule has 1 heterocycles. The van der Waals surface area contributed by atoms with E-state index >= 15 is 0 Å². The fourth-order valence-electron chi connectivity index (χ4n) is 1.71. The van der Waals surface area contributed by atoms with Crippen LogP contribution in [0.1, 0.15) is 26.2 Å². The Morgan fingerprint density at radius 3 is 2.92 bits per heavy atom. The van der Waals surface area contributed by atoms with E-state index in [0.717, 1.165) is 32.5 Å². The van der Waals surface area contributed by atoms with Crippen LogP contribution in [-0.2, 0) is 0 Å². The second-order valence-corrected chi connectivity index (χ2v) is 3.81. The summed E-state index contributed by atoms with van der Waals surface area (Å²) in [4.78, 5) is 2.27. The number of halogens is 1. The number of nitrogens with zero attached hydrogens (tertiary/aromatic N) is 1. The van der Waals surface area contributed by atoms with Crippen LogP contribution in [0.5, 0.6) is 0 Å². The van der Waals surface area contributed by atoms with Crippen molar-refractivity contribution in [1.82, 2.24) is 4.90 Å². The molecule has 0 aromatic rings. The Kier molecular flexibility index (Phi) is 3.95.